The summed E-state index contributed by atoms with van der Waals surface area (Å²) in [6, 6.07) is 2.12. The number of rotatable bonds is 2. The zero-order valence-corrected chi connectivity index (χ0v) is 23.6. The Kier molecular flexibility index (Phi) is 10.5. The zero-order valence-electron chi connectivity index (χ0n) is 22.8. The van der Waals surface area contributed by atoms with Crippen molar-refractivity contribution >= 4 is 28.4 Å². The monoisotopic (exact) mass is 543 g/mol. The highest BCUT2D eigenvalue weighted by Crippen LogP contribution is 2.39. The molecule has 0 aromatic carbocycles. The molecule has 1 fully saturated rings. The fourth-order valence-corrected chi connectivity index (χ4v) is 7.16. The van der Waals surface area contributed by atoms with Crippen LogP contribution in [0, 0.1) is 40.9 Å². The largest absolute Gasteiger partial charge is 0.481 e. The fourth-order valence-electron chi connectivity index (χ4n) is 6.32. The SMILES string of the molecule is CC1CC(C)CC(C)C(O)/C(C#N)=C/C=C/CC(C2CCCC2C(=O)O)OC(=O)c2sc(N)nc2C(C)C1. The molecule has 0 bridgehead atoms. The number of carboxylic acids is 1. The molecule has 8 atom stereocenters. The first kappa shape index (κ1) is 29.9. The number of nitrogens with zero attached hydrogens (tertiary/aromatic N) is 2. The van der Waals surface area contributed by atoms with E-state index in [-0.39, 0.29) is 23.3 Å². The highest BCUT2D eigenvalue weighted by molar-refractivity contribution is 7.17. The summed E-state index contributed by atoms with van der Waals surface area (Å²) in [7, 11) is 0. The minimum Gasteiger partial charge on any atom is -0.481 e. The summed E-state index contributed by atoms with van der Waals surface area (Å²) in [6.45, 7) is 8.34. The second kappa shape index (κ2) is 13.4. The molecule has 0 spiro atoms. The summed E-state index contributed by atoms with van der Waals surface area (Å²) in [5.41, 5.74) is 6.96. The van der Waals surface area contributed by atoms with Gasteiger partial charge >= 0.3 is 11.9 Å². The van der Waals surface area contributed by atoms with Gasteiger partial charge in [0.2, 0.25) is 0 Å². The second-order valence-electron chi connectivity index (χ2n) is 11.4. The summed E-state index contributed by atoms with van der Waals surface area (Å²) in [4.78, 5) is 30.2. The van der Waals surface area contributed by atoms with Crippen LogP contribution in [0.5, 0.6) is 0 Å². The Hall–Kier alpha value is -2.70. The van der Waals surface area contributed by atoms with Gasteiger partial charge in [-0.3, -0.25) is 4.79 Å². The van der Waals surface area contributed by atoms with Crippen molar-refractivity contribution in [2.75, 3.05) is 5.73 Å². The average molecular weight is 544 g/mol. The van der Waals surface area contributed by atoms with Gasteiger partial charge in [0.05, 0.1) is 29.4 Å². The van der Waals surface area contributed by atoms with E-state index in [0.29, 0.717) is 46.8 Å². The van der Waals surface area contributed by atoms with E-state index in [1.54, 1.807) is 18.2 Å². The van der Waals surface area contributed by atoms with Crippen LogP contribution >= 0.6 is 11.3 Å². The van der Waals surface area contributed by atoms with Crippen molar-refractivity contribution in [1.29, 1.82) is 5.26 Å². The zero-order chi connectivity index (χ0) is 28.0. The Bertz CT molecular complexity index is 1090. The van der Waals surface area contributed by atoms with Crippen molar-refractivity contribution in [1.82, 2.24) is 4.98 Å². The summed E-state index contributed by atoms with van der Waals surface area (Å²) >= 11 is 1.12. The van der Waals surface area contributed by atoms with E-state index in [1.165, 1.54) is 0 Å². The average Bonchev–Trinajstić information content (AvgIpc) is 3.49. The molecule has 0 saturated heterocycles. The molecule has 1 saturated carbocycles. The summed E-state index contributed by atoms with van der Waals surface area (Å²) < 4.78 is 6.01. The number of nitriles is 1. The standard InChI is InChI=1S/C29H41N3O5S/c1-16-12-17(2)14-19(4)25(33)20(15-30)8-5-6-11-23(21-9-7-10-22(21)27(34)35)37-28(36)26-24(18(3)13-16)32-29(31)38-26/h5-6,8,16-19,21-23,25,33H,7,9-14H2,1-4H3,(H2,31,32)(H,34,35)/b6-5+,20-8+. The molecule has 1 aromatic heterocycles. The van der Waals surface area contributed by atoms with Crippen LogP contribution in [0.2, 0.25) is 0 Å². The van der Waals surface area contributed by atoms with E-state index in [1.807, 2.05) is 13.8 Å². The second-order valence-corrected chi connectivity index (χ2v) is 12.4. The number of carboxylic acid groups (broad SMARTS) is 1. The van der Waals surface area contributed by atoms with Crippen LogP contribution in [0.15, 0.2) is 23.8 Å². The Morgan fingerprint density at radius 1 is 1.18 bits per heavy atom. The number of thiazole rings is 1. The normalized spacial score (nSPS) is 36.0. The molecule has 38 heavy (non-hydrogen) atoms. The fraction of sp³-hybridized carbons (Fsp3) is 0.655. The molecule has 2 heterocycles. The van der Waals surface area contributed by atoms with Crippen LogP contribution in [-0.2, 0) is 9.53 Å². The van der Waals surface area contributed by atoms with Crippen molar-refractivity contribution in [3.05, 3.63) is 34.4 Å². The molecule has 0 radical (unpaired) electrons. The third kappa shape index (κ3) is 7.45. The number of hydrogen-bond acceptors (Lipinski definition) is 8. The molecule has 8 unspecified atom stereocenters. The summed E-state index contributed by atoms with van der Waals surface area (Å²) in [5, 5.41) is 30.6. The Labute approximate surface area is 229 Å². The van der Waals surface area contributed by atoms with Gasteiger partial charge in [-0.05, 0) is 55.9 Å². The minimum absolute atomic E-state index is 0.0140. The predicted octanol–water partition coefficient (Wildman–Crippen LogP) is 5.70. The Balaban J connectivity index is 1.98. The molecule has 9 heteroatoms. The molecular formula is C29H41N3O5S. The third-order valence-corrected chi connectivity index (χ3v) is 8.93. The Morgan fingerprint density at radius 2 is 1.89 bits per heavy atom. The number of carbonyl (C=O) groups excluding carboxylic acids is 1. The molecule has 2 aliphatic rings. The lowest BCUT2D eigenvalue weighted by Gasteiger charge is -2.27. The van der Waals surface area contributed by atoms with Gasteiger partial charge in [0.15, 0.2) is 5.13 Å². The van der Waals surface area contributed by atoms with Crippen LogP contribution in [0.3, 0.4) is 0 Å². The van der Waals surface area contributed by atoms with Gasteiger partial charge in [0, 0.05) is 18.3 Å². The first-order chi connectivity index (χ1) is 18.0. The van der Waals surface area contributed by atoms with Crippen molar-refractivity contribution in [3.8, 4) is 6.07 Å². The van der Waals surface area contributed by atoms with E-state index in [0.717, 1.165) is 37.0 Å². The lowest BCUT2D eigenvalue weighted by Crippen LogP contribution is -2.32. The lowest BCUT2D eigenvalue weighted by molar-refractivity contribution is -0.144. The van der Waals surface area contributed by atoms with Crippen LogP contribution in [0.25, 0.3) is 0 Å². The molecule has 4 N–H and O–H groups in total. The number of hydrogen-bond donors (Lipinski definition) is 3. The van der Waals surface area contributed by atoms with Crippen molar-refractivity contribution in [2.24, 2.45) is 29.6 Å². The molecule has 3 rings (SSSR count). The van der Waals surface area contributed by atoms with Gasteiger partial charge < -0.3 is 20.7 Å². The Morgan fingerprint density at radius 3 is 2.58 bits per heavy atom. The molecular weight excluding hydrogens is 502 g/mol. The minimum atomic E-state index is -0.879. The quantitative estimate of drug-likeness (QED) is 0.402. The van der Waals surface area contributed by atoms with Gasteiger partial charge in [-0.15, -0.1) is 0 Å². The summed E-state index contributed by atoms with van der Waals surface area (Å²) in [5.74, 6) is -1.71. The van der Waals surface area contributed by atoms with Crippen molar-refractivity contribution < 1.29 is 24.5 Å². The van der Waals surface area contributed by atoms with Crippen LogP contribution in [0.4, 0.5) is 5.13 Å². The van der Waals surface area contributed by atoms with Gasteiger partial charge in [0.1, 0.15) is 11.0 Å². The number of aromatic nitrogens is 1. The van der Waals surface area contributed by atoms with E-state index < -0.39 is 30.1 Å². The highest BCUT2D eigenvalue weighted by Gasteiger charge is 2.40. The predicted molar refractivity (Wildman–Crippen MR) is 147 cm³/mol. The van der Waals surface area contributed by atoms with E-state index in [2.05, 4.69) is 24.9 Å². The van der Waals surface area contributed by atoms with Crippen molar-refractivity contribution in [2.45, 2.75) is 90.8 Å². The van der Waals surface area contributed by atoms with Crippen LogP contribution < -0.4 is 5.73 Å². The van der Waals surface area contributed by atoms with Gasteiger partial charge in [-0.25, -0.2) is 9.78 Å². The number of aliphatic hydroxyl groups excluding tert-OH is 1. The number of esters is 1. The number of fused-ring (bicyclic) bond motifs is 1. The summed E-state index contributed by atoms with van der Waals surface area (Å²) in [6.07, 6.45) is 8.34. The third-order valence-electron chi connectivity index (χ3n) is 8.05. The molecule has 1 aliphatic carbocycles. The van der Waals surface area contributed by atoms with Crippen LogP contribution in [-0.4, -0.2) is 39.3 Å². The first-order valence-electron chi connectivity index (χ1n) is 13.7. The topological polar surface area (TPSA) is 147 Å². The van der Waals surface area contributed by atoms with Gasteiger partial charge in [-0.2, -0.15) is 5.26 Å². The van der Waals surface area contributed by atoms with E-state index >= 15 is 0 Å². The van der Waals surface area contributed by atoms with Gasteiger partial charge in [0.25, 0.3) is 0 Å². The number of aliphatic hydroxyl groups is 1. The molecule has 8 nitrogen and oxygen atoms in total. The smallest absolute Gasteiger partial charge is 0.350 e. The number of aliphatic carboxylic acids is 1. The molecule has 1 aromatic rings. The molecule has 0 amide bonds. The number of anilines is 1. The highest BCUT2D eigenvalue weighted by atomic mass is 32.1. The maximum atomic E-state index is 13.4. The van der Waals surface area contributed by atoms with Crippen LogP contribution in [0.1, 0.15) is 93.9 Å². The number of allylic oxidation sites excluding steroid dienone is 2. The van der Waals surface area contributed by atoms with Crippen molar-refractivity contribution in [3.63, 3.8) is 0 Å². The number of ether oxygens (including phenoxy) is 1. The maximum absolute atomic E-state index is 13.4. The van der Waals surface area contributed by atoms with E-state index in [9.17, 15) is 25.1 Å². The van der Waals surface area contributed by atoms with E-state index in [4.69, 9.17) is 10.5 Å². The van der Waals surface area contributed by atoms with Gasteiger partial charge in [-0.1, -0.05) is 57.6 Å². The molecule has 208 valence electrons. The number of cyclic esters (lactones) is 1. The lowest BCUT2D eigenvalue weighted by atomic mass is 9.82. The first-order valence-corrected chi connectivity index (χ1v) is 14.5. The number of nitrogen functional groups attached to an aromatic ring is 1. The molecule has 1 aliphatic heterocycles. The maximum Gasteiger partial charge on any atom is 0.350 e. The number of nitrogens with two attached hydrogens (primary N) is 1. The number of carbonyl (C=O) groups is 2.